The highest BCUT2D eigenvalue weighted by Gasteiger charge is 2.21. The first-order valence-corrected chi connectivity index (χ1v) is 8.11. The van der Waals surface area contributed by atoms with E-state index in [0.717, 1.165) is 24.4 Å². The van der Waals surface area contributed by atoms with E-state index < -0.39 is 0 Å². The molecule has 1 aliphatic rings. The van der Waals surface area contributed by atoms with Crippen LogP contribution in [0, 0.1) is 11.3 Å². The first kappa shape index (κ1) is 15.4. The van der Waals surface area contributed by atoms with Crippen LogP contribution in [0.5, 0.6) is 5.75 Å². The molecule has 3 heterocycles. The zero-order chi connectivity index (χ0) is 17.4. The Morgan fingerprint density at radius 1 is 1.44 bits per heavy atom. The first-order chi connectivity index (χ1) is 12.1. The zero-order valence-corrected chi connectivity index (χ0v) is 13.8. The highest BCUT2D eigenvalue weighted by Crippen LogP contribution is 2.25. The quantitative estimate of drug-likeness (QED) is 0.770. The predicted octanol–water partition coefficient (Wildman–Crippen LogP) is 1.68. The maximum absolute atomic E-state index is 12.2. The molecule has 0 spiro atoms. The van der Waals surface area contributed by atoms with Crippen molar-refractivity contribution in [2.45, 2.75) is 26.1 Å². The van der Waals surface area contributed by atoms with Gasteiger partial charge in [-0.2, -0.15) is 5.26 Å². The SMILES string of the molecule is CC1CN(Cc2cc(=O)n3[nH]cc(C#N)c3n2)Cc2ccccc2O1. The van der Waals surface area contributed by atoms with Crippen LogP contribution in [-0.4, -0.2) is 32.1 Å². The van der Waals surface area contributed by atoms with E-state index in [2.05, 4.69) is 21.1 Å². The lowest BCUT2D eigenvalue weighted by atomic mass is 10.2. The molecule has 1 atom stereocenters. The average molecular weight is 335 g/mol. The molecule has 4 rings (SSSR count). The molecule has 0 amide bonds. The number of aromatic nitrogens is 3. The van der Waals surface area contributed by atoms with Gasteiger partial charge in [0.2, 0.25) is 0 Å². The number of fused-ring (bicyclic) bond motifs is 2. The summed E-state index contributed by atoms with van der Waals surface area (Å²) in [6.45, 7) is 4.00. The van der Waals surface area contributed by atoms with Crippen LogP contribution in [0.15, 0.2) is 41.3 Å². The second-order valence-corrected chi connectivity index (χ2v) is 6.25. The van der Waals surface area contributed by atoms with Crippen molar-refractivity contribution in [2.24, 2.45) is 0 Å². The molecule has 1 unspecified atom stereocenters. The van der Waals surface area contributed by atoms with Crippen molar-refractivity contribution in [3.63, 3.8) is 0 Å². The largest absolute Gasteiger partial charge is 0.489 e. The van der Waals surface area contributed by atoms with Gasteiger partial charge in [0, 0.05) is 37.5 Å². The lowest BCUT2D eigenvalue weighted by Crippen LogP contribution is -2.31. The summed E-state index contributed by atoms with van der Waals surface area (Å²) in [6, 6.07) is 11.5. The van der Waals surface area contributed by atoms with Crippen molar-refractivity contribution in [1.82, 2.24) is 19.5 Å². The highest BCUT2D eigenvalue weighted by molar-refractivity contribution is 5.53. The molecule has 1 aliphatic heterocycles. The van der Waals surface area contributed by atoms with Gasteiger partial charge in [-0.3, -0.25) is 14.8 Å². The van der Waals surface area contributed by atoms with E-state index in [4.69, 9.17) is 10.00 Å². The van der Waals surface area contributed by atoms with Gasteiger partial charge in [0.1, 0.15) is 23.5 Å². The fraction of sp³-hybridized carbons (Fsp3) is 0.278. The molecule has 3 aromatic rings. The minimum Gasteiger partial charge on any atom is -0.489 e. The number of hydrogen-bond donors (Lipinski definition) is 1. The highest BCUT2D eigenvalue weighted by atomic mass is 16.5. The summed E-state index contributed by atoms with van der Waals surface area (Å²) >= 11 is 0. The molecule has 0 radical (unpaired) electrons. The number of nitrogens with zero attached hydrogens (tertiary/aromatic N) is 4. The van der Waals surface area contributed by atoms with E-state index in [1.807, 2.05) is 31.2 Å². The number of para-hydroxylation sites is 1. The van der Waals surface area contributed by atoms with E-state index >= 15 is 0 Å². The number of rotatable bonds is 2. The second-order valence-electron chi connectivity index (χ2n) is 6.25. The summed E-state index contributed by atoms with van der Waals surface area (Å²) < 4.78 is 7.25. The molecule has 126 valence electrons. The summed E-state index contributed by atoms with van der Waals surface area (Å²) in [4.78, 5) is 18.9. The Morgan fingerprint density at radius 3 is 3.12 bits per heavy atom. The standard InChI is InChI=1S/C18H17N5O2/c1-12-9-22(10-13-4-2-3-5-16(13)25-12)11-15-6-17(24)23-18(21-15)14(7-19)8-20-23/h2-6,8,12,20H,9-11H2,1H3. The third-order valence-corrected chi connectivity index (χ3v) is 4.27. The molecule has 0 fully saturated rings. The van der Waals surface area contributed by atoms with Crippen molar-refractivity contribution in [2.75, 3.05) is 6.54 Å². The third-order valence-electron chi connectivity index (χ3n) is 4.27. The lowest BCUT2D eigenvalue weighted by Gasteiger charge is -2.21. The molecule has 0 saturated heterocycles. The Balaban J connectivity index is 1.67. The smallest absolute Gasteiger partial charge is 0.272 e. The molecule has 7 nitrogen and oxygen atoms in total. The lowest BCUT2D eigenvalue weighted by molar-refractivity contribution is 0.155. The first-order valence-electron chi connectivity index (χ1n) is 8.11. The van der Waals surface area contributed by atoms with Crippen molar-refractivity contribution in [3.05, 3.63) is 63.7 Å². The van der Waals surface area contributed by atoms with Crippen LogP contribution in [0.4, 0.5) is 0 Å². The summed E-state index contributed by atoms with van der Waals surface area (Å²) in [5.74, 6) is 0.901. The Hall–Kier alpha value is -3.11. The van der Waals surface area contributed by atoms with Crippen molar-refractivity contribution in [3.8, 4) is 11.8 Å². The Morgan fingerprint density at radius 2 is 2.28 bits per heavy atom. The van der Waals surface area contributed by atoms with Crippen LogP contribution in [0.3, 0.4) is 0 Å². The van der Waals surface area contributed by atoms with Crippen LogP contribution in [-0.2, 0) is 13.1 Å². The van der Waals surface area contributed by atoms with E-state index in [9.17, 15) is 4.79 Å². The van der Waals surface area contributed by atoms with Crippen LogP contribution in [0.1, 0.15) is 23.7 Å². The van der Waals surface area contributed by atoms with Crippen molar-refractivity contribution >= 4 is 5.65 Å². The van der Waals surface area contributed by atoms with E-state index in [-0.39, 0.29) is 11.7 Å². The van der Waals surface area contributed by atoms with Crippen molar-refractivity contribution < 1.29 is 4.74 Å². The Kier molecular flexibility index (Phi) is 3.75. The van der Waals surface area contributed by atoms with E-state index in [0.29, 0.717) is 23.4 Å². The molecule has 0 aliphatic carbocycles. The fourth-order valence-corrected chi connectivity index (χ4v) is 3.21. The Bertz CT molecular complexity index is 1030. The molecule has 0 saturated carbocycles. The van der Waals surface area contributed by atoms with E-state index in [1.54, 1.807) is 0 Å². The van der Waals surface area contributed by atoms with Gasteiger partial charge in [0.15, 0.2) is 5.65 Å². The monoisotopic (exact) mass is 335 g/mol. The fourth-order valence-electron chi connectivity index (χ4n) is 3.21. The number of H-pyrrole nitrogens is 1. The second kappa shape index (κ2) is 6.07. The normalized spacial score (nSPS) is 17.5. The predicted molar refractivity (Wildman–Crippen MR) is 91.2 cm³/mol. The number of nitriles is 1. The summed E-state index contributed by atoms with van der Waals surface area (Å²) in [5.41, 5.74) is 2.26. The number of hydrogen-bond acceptors (Lipinski definition) is 5. The molecular weight excluding hydrogens is 318 g/mol. The van der Waals surface area contributed by atoms with Gasteiger partial charge in [0.25, 0.3) is 5.56 Å². The van der Waals surface area contributed by atoms with E-state index in [1.165, 1.54) is 16.8 Å². The van der Waals surface area contributed by atoms with Crippen LogP contribution < -0.4 is 10.3 Å². The molecule has 7 heteroatoms. The van der Waals surface area contributed by atoms with Gasteiger partial charge in [-0.05, 0) is 13.0 Å². The molecule has 2 aromatic heterocycles. The van der Waals surface area contributed by atoms with Crippen LogP contribution in [0.2, 0.25) is 0 Å². The van der Waals surface area contributed by atoms with Crippen molar-refractivity contribution in [1.29, 1.82) is 5.26 Å². The van der Waals surface area contributed by atoms with Gasteiger partial charge in [-0.15, -0.1) is 0 Å². The van der Waals surface area contributed by atoms with Gasteiger partial charge >= 0.3 is 0 Å². The molecule has 0 bridgehead atoms. The third kappa shape index (κ3) is 2.88. The minimum absolute atomic E-state index is 0.0374. The zero-order valence-electron chi connectivity index (χ0n) is 13.8. The maximum Gasteiger partial charge on any atom is 0.272 e. The van der Waals surface area contributed by atoms with Gasteiger partial charge in [-0.25, -0.2) is 9.50 Å². The number of ether oxygens (including phenoxy) is 1. The van der Waals surface area contributed by atoms with Crippen LogP contribution >= 0.6 is 0 Å². The topological polar surface area (TPSA) is 86.4 Å². The summed E-state index contributed by atoms with van der Waals surface area (Å²) in [5, 5.41) is 11.9. The number of aromatic amines is 1. The number of nitrogens with one attached hydrogen (secondary N) is 1. The molecule has 1 aromatic carbocycles. The minimum atomic E-state index is -0.221. The maximum atomic E-state index is 12.2. The average Bonchev–Trinajstić information content (AvgIpc) is 2.92. The number of benzene rings is 1. The van der Waals surface area contributed by atoms with Gasteiger partial charge in [-0.1, -0.05) is 18.2 Å². The Labute approximate surface area is 144 Å². The van der Waals surface area contributed by atoms with Crippen LogP contribution in [0.25, 0.3) is 5.65 Å². The molecule has 1 N–H and O–H groups in total. The molecular formula is C18H17N5O2. The van der Waals surface area contributed by atoms with Gasteiger partial charge in [0.05, 0.1) is 5.69 Å². The summed E-state index contributed by atoms with van der Waals surface area (Å²) in [6.07, 6.45) is 1.53. The van der Waals surface area contributed by atoms with Gasteiger partial charge < -0.3 is 4.74 Å². The molecule has 25 heavy (non-hydrogen) atoms. The summed E-state index contributed by atoms with van der Waals surface area (Å²) in [7, 11) is 0.